The largest absolute Gasteiger partial charge is 0.496 e. The zero-order valence-electron chi connectivity index (χ0n) is 18.7. The number of para-hydroxylation sites is 1. The van der Waals surface area contributed by atoms with E-state index < -0.39 is 11.6 Å². The predicted octanol–water partition coefficient (Wildman–Crippen LogP) is 5.31. The van der Waals surface area contributed by atoms with Crippen molar-refractivity contribution in [1.82, 2.24) is 10.2 Å². The molecule has 0 aliphatic carbocycles. The molecule has 1 unspecified atom stereocenters. The number of carbonyl (C=O) groups excluding carboxylic acids is 1. The topological polar surface area (TPSA) is 41.6 Å². The van der Waals surface area contributed by atoms with Gasteiger partial charge in [0.2, 0.25) is 5.91 Å². The number of methoxy groups -OCH3 is 1. The SMILES string of the molecule is COc1ccccc1-c1ccc(CN2CCCCC2C(=O)NCc2ccc(F)cc2F)cc1. The fourth-order valence-electron chi connectivity index (χ4n) is 4.35. The minimum Gasteiger partial charge on any atom is -0.496 e. The van der Waals surface area contributed by atoms with Gasteiger partial charge in [0, 0.05) is 30.3 Å². The fourth-order valence-corrected chi connectivity index (χ4v) is 4.35. The maximum absolute atomic E-state index is 13.9. The van der Waals surface area contributed by atoms with Crippen LogP contribution in [-0.4, -0.2) is 30.5 Å². The smallest absolute Gasteiger partial charge is 0.237 e. The van der Waals surface area contributed by atoms with E-state index in [1.165, 1.54) is 12.1 Å². The molecule has 1 aliphatic heterocycles. The van der Waals surface area contributed by atoms with Gasteiger partial charge in [-0.15, -0.1) is 0 Å². The highest BCUT2D eigenvalue weighted by Gasteiger charge is 2.28. The molecule has 0 spiro atoms. The summed E-state index contributed by atoms with van der Waals surface area (Å²) in [6.07, 6.45) is 2.78. The summed E-state index contributed by atoms with van der Waals surface area (Å²) in [6, 6.07) is 19.4. The van der Waals surface area contributed by atoms with Gasteiger partial charge in [-0.3, -0.25) is 9.69 Å². The summed E-state index contributed by atoms with van der Waals surface area (Å²) in [7, 11) is 1.67. The van der Waals surface area contributed by atoms with Gasteiger partial charge in [-0.1, -0.05) is 55.0 Å². The Balaban J connectivity index is 1.41. The molecular weight excluding hydrogens is 422 g/mol. The first-order valence-electron chi connectivity index (χ1n) is 11.2. The number of nitrogens with zero attached hydrogens (tertiary/aromatic N) is 1. The van der Waals surface area contributed by atoms with Crippen LogP contribution in [0.2, 0.25) is 0 Å². The minimum absolute atomic E-state index is 0.0445. The standard InChI is InChI=1S/C27H28F2N2O2/c1-33-26-8-3-2-6-23(26)20-11-9-19(10-12-20)18-31-15-5-4-7-25(31)27(32)30-17-21-13-14-22(28)16-24(21)29/h2-3,6,8-14,16,25H,4-5,7,15,17-18H2,1H3,(H,30,32). The number of piperidine rings is 1. The molecule has 1 amide bonds. The highest BCUT2D eigenvalue weighted by molar-refractivity contribution is 5.81. The number of hydrogen-bond acceptors (Lipinski definition) is 3. The average molecular weight is 451 g/mol. The van der Waals surface area contributed by atoms with Crippen LogP contribution in [0.4, 0.5) is 8.78 Å². The molecule has 33 heavy (non-hydrogen) atoms. The quantitative estimate of drug-likeness (QED) is 0.530. The van der Waals surface area contributed by atoms with E-state index in [1.54, 1.807) is 7.11 Å². The van der Waals surface area contributed by atoms with Gasteiger partial charge in [-0.2, -0.15) is 0 Å². The lowest BCUT2D eigenvalue weighted by atomic mass is 9.99. The van der Waals surface area contributed by atoms with E-state index in [4.69, 9.17) is 4.74 Å². The Morgan fingerprint density at radius 2 is 1.85 bits per heavy atom. The van der Waals surface area contributed by atoms with Crippen molar-refractivity contribution in [2.75, 3.05) is 13.7 Å². The number of benzene rings is 3. The lowest BCUT2D eigenvalue weighted by Crippen LogP contribution is -2.48. The first-order chi connectivity index (χ1) is 16.0. The number of carbonyl (C=O) groups is 1. The highest BCUT2D eigenvalue weighted by Crippen LogP contribution is 2.30. The summed E-state index contributed by atoms with van der Waals surface area (Å²) in [5.41, 5.74) is 3.51. The van der Waals surface area contributed by atoms with Crippen molar-refractivity contribution in [3.05, 3.63) is 89.5 Å². The van der Waals surface area contributed by atoms with E-state index in [0.717, 1.165) is 54.3 Å². The number of likely N-dealkylation sites (tertiary alicyclic amines) is 1. The molecule has 6 heteroatoms. The Bertz CT molecular complexity index is 1100. The first kappa shape index (κ1) is 22.9. The van der Waals surface area contributed by atoms with Crippen LogP contribution < -0.4 is 10.1 Å². The average Bonchev–Trinajstić information content (AvgIpc) is 2.84. The van der Waals surface area contributed by atoms with Crippen molar-refractivity contribution >= 4 is 5.91 Å². The molecule has 3 aromatic rings. The van der Waals surface area contributed by atoms with Crippen molar-refractivity contribution in [2.45, 2.75) is 38.4 Å². The third-order valence-corrected chi connectivity index (χ3v) is 6.14. The summed E-state index contributed by atoms with van der Waals surface area (Å²) >= 11 is 0. The first-order valence-corrected chi connectivity index (χ1v) is 11.2. The van der Waals surface area contributed by atoms with Gasteiger partial charge in [0.15, 0.2) is 0 Å². The third kappa shape index (κ3) is 5.57. The van der Waals surface area contributed by atoms with Crippen molar-refractivity contribution in [3.63, 3.8) is 0 Å². The monoisotopic (exact) mass is 450 g/mol. The van der Waals surface area contributed by atoms with Crippen molar-refractivity contribution < 1.29 is 18.3 Å². The second-order valence-electron chi connectivity index (χ2n) is 8.33. The van der Waals surface area contributed by atoms with E-state index in [0.29, 0.717) is 6.54 Å². The normalized spacial score (nSPS) is 16.4. The Morgan fingerprint density at radius 3 is 2.61 bits per heavy atom. The zero-order valence-corrected chi connectivity index (χ0v) is 18.7. The molecule has 4 nitrogen and oxygen atoms in total. The molecule has 1 saturated heterocycles. The zero-order chi connectivity index (χ0) is 23.2. The van der Waals surface area contributed by atoms with E-state index in [9.17, 15) is 13.6 Å². The van der Waals surface area contributed by atoms with Gasteiger partial charge in [0.05, 0.1) is 13.2 Å². The summed E-state index contributed by atoms with van der Waals surface area (Å²) in [6.45, 7) is 1.54. The van der Waals surface area contributed by atoms with Crippen LogP contribution in [0, 0.1) is 11.6 Å². The lowest BCUT2D eigenvalue weighted by molar-refractivity contribution is -0.128. The van der Waals surface area contributed by atoms with Crippen LogP contribution in [0.3, 0.4) is 0 Å². The predicted molar refractivity (Wildman–Crippen MR) is 125 cm³/mol. The van der Waals surface area contributed by atoms with Gasteiger partial charge in [-0.05, 0) is 42.6 Å². The van der Waals surface area contributed by atoms with E-state index in [-0.39, 0.29) is 24.1 Å². The summed E-state index contributed by atoms with van der Waals surface area (Å²) in [5, 5.41) is 2.83. The molecule has 1 heterocycles. The summed E-state index contributed by atoms with van der Waals surface area (Å²) < 4.78 is 32.5. The molecule has 1 aliphatic rings. The van der Waals surface area contributed by atoms with Gasteiger partial charge >= 0.3 is 0 Å². The molecule has 0 saturated carbocycles. The van der Waals surface area contributed by atoms with Crippen molar-refractivity contribution in [1.29, 1.82) is 0 Å². The van der Waals surface area contributed by atoms with Gasteiger partial charge in [-0.25, -0.2) is 8.78 Å². The number of hydrogen-bond donors (Lipinski definition) is 1. The number of ether oxygens (including phenoxy) is 1. The molecule has 1 fully saturated rings. The van der Waals surface area contributed by atoms with Crippen LogP contribution in [0.1, 0.15) is 30.4 Å². The molecule has 0 radical (unpaired) electrons. The Morgan fingerprint density at radius 1 is 1.06 bits per heavy atom. The van der Waals surface area contributed by atoms with E-state index in [1.807, 2.05) is 24.3 Å². The van der Waals surface area contributed by atoms with E-state index >= 15 is 0 Å². The molecule has 0 aromatic heterocycles. The molecule has 0 bridgehead atoms. The van der Waals surface area contributed by atoms with Crippen LogP contribution in [0.15, 0.2) is 66.7 Å². The van der Waals surface area contributed by atoms with Gasteiger partial charge in [0.1, 0.15) is 17.4 Å². The highest BCUT2D eigenvalue weighted by atomic mass is 19.1. The van der Waals surface area contributed by atoms with Crippen LogP contribution in [0.25, 0.3) is 11.1 Å². The fraction of sp³-hybridized carbons (Fsp3) is 0.296. The number of halogens is 2. The maximum atomic E-state index is 13.9. The molecule has 1 atom stereocenters. The molecule has 1 N–H and O–H groups in total. The number of amides is 1. The molecule has 172 valence electrons. The van der Waals surface area contributed by atoms with Crippen LogP contribution >= 0.6 is 0 Å². The van der Waals surface area contributed by atoms with Crippen molar-refractivity contribution in [3.8, 4) is 16.9 Å². The van der Waals surface area contributed by atoms with Crippen LogP contribution in [0.5, 0.6) is 5.75 Å². The van der Waals surface area contributed by atoms with E-state index in [2.05, 4.69) is 34.5 Å². The second-order valence-corrected chi connectivity index (χ2v) is 8.33. The minimum atomic E-state index is -0.647. The van der Waals surface area contributed by atoms with Gasteiger partial charge in [0.25, 0.3) is 0 Å². The summed E-state index contributed by atoms with van der Waals surface area (Å²) in [5.74, 6) is -0.566. The Kier molecular flexibility index (Phi) is 7.35. The maximum Gasteiger partial charge on any atom is 0.237 e. The van der Waals surface area contributed by atoms with Gasteiger partial charge < -0.3 is 10.1 Å². The lowest BCUT2D eigenvalue weighted by Gasteiger charge is -2.34. The Hall–Kier alpha value is -3.25. The second kappa shape index (κ2) is 10.6. The Labute approximate surface area is 193 Å². The van der Waals surface area contributed by atoms with Crippen molar-refractivity contribution in [2.24, 2.45) is 0 Å². The van der Waals surface area contributed by atoms with Crippen LogP contribution in [-0.2, 0) is 17.9 Å². The number of nitrogens with one attached hydrogen (secondary N) is 1. The number of rotatable bonds is 7. The molecule has 4 rings (SSSR count). The molecule has 3 aromatic carbocycles. The molecular formula is C27H28F2N2O2. The third-order valence-electron chi connectivity index (χ3n) is 6.14. The summed E-state index contributed by atoms with van der Waals surface area (Å²) in [4.78, 5) is 15.1.